The first kappa shape index (κ1) is 17.2. The SMILES string of the molecule is OCc1ccc(-c2cncc(O[C@H]3SC[C@@H](O)[C@H](O)[C@H]3O)c2)cc1. The van der Waals surface area contributed by atoms with Crippen molar-refractivity contribution in [1.29, 1.82) is 0 Å². The normalized spacial score (nSPS) is 27.0. The summed E-state index contributed by atoms with van der Waals surface area (Å²) in [7, 11) is 0. The van der Waals surface area contributed by atoms with E-state index in [0.29, 0.717) is 11.5 Å². The molecular weight excluding hydrogens is 330 g/mol. The summed E-state index contributed by atoms with van der Waals surface area (Å²) >= 11 is 1.25. The van der Waals surface area contributed by atoms with Gasteiger partial charge in [0, 0.05) is 17.5 Å². The van der Waals surface area contributed by atoms with Gasteiger partial charge < -0.3 is 25.2 Å². The Kier molecular flexibility index (Phi) is 5.37. The van der Waals surface area contributed by atoms with Crippen LogP contribution in [0.1, 0.15) is 5.56 Å². The highest BCUT2D eigenvalue weighted by atomic mass is 32.2. The highest BCUT2D eigenvalue weighted by molar-refractivity contribution is 7.99. The lowest BCUT2D eigenvalue weighted by atomic mass is 10.1. The zero-order chi connectivity index (χ0) is 17.1. The van der Waals surface area contributed by atoms with Crippen LogP contribution >= 0.6 is 11.8 Å². The lowest BCUT2D eigenvalue weighted by molar-refractivity contribution is -0.0786. The minimum atomic E-state index is -1.22. The molecule has 0 radical (unpaired) electrons. The second-order valence-electron chi connectivity index (χ2n) is 5.63. The van der Waals surface area contributed by atoms with E-state index >= 15 is 0 Å². The first-order valence-electron chi connectivity index (χ1n) is 7.56. The average Bonchev–Trinajstić information content (AvgIpc) is 2.62. The monoisotopic (exact) mass is 349 g/mol. The number of benzene rings is 1. The van der Waals surface area contributed by atoms with E-state index in [1.807, 2.05) is 24.3 Å². The fourth-order valence-corrected chi connectivity index (χ4v) is 3.58. The number of aliphatic hydroxyl groups excluding tert-OH is 4. The van der Waals surface area contributed by atoms with E-state index in [4.69, 9.17) is 9.84 Å². The summed E-state index contributed by atoms with van der Waals surface area (Å²) in [5.41, 5.74) is 1.93. The average molecular weight is 349 g/mol. The summed E-state index contributed by atoms with van der Waals surface area (Å²) in [6, 6.07) is 9.24. The molecule has 1 aliphatic heterocycles. The smallest absolute Gasteiger partial charge is 0.173 e. The Hall–Kier alpha value is -1.64. The topological polar surface area (TPSA) is 103 Å². The number of aliphatic hydroxyl groups is 4. The lowest BCUT2D eigenvalue weighted by Gasteiger charge is -2.34. The standard InChI is InChI=1S/C17H19NO5S/c19-8-10-1-3-11(4-2-10)12-5-13(7-18-6-12)23-17-16(22)15(21)14(20)9-24-17/h1-7,14-17,19-22H,8-9H2/t14-,15+,16-,17+/m1/s1. The molecule has 4 atom stereocenters. The molecule has 0 aliphatic carbocycles. The van der Waals surface area contributed by atoms with Gasteiger partial charge in [-0.05, 0) is 17.2 Å². The van der Waals surface area contributed by atoms with E-state index in [1.165, 1.54) is 18.0 Å². The molecule has 0 spiro atoms. The van der Waals surface area contributed by atoms with Gasteiger partial charge in [0.25, 0.3) is 0 Å². The molecule has 0 unspecified atom stereocenters. The number of rotatable bonds is 4. The first-order valence-corrected chi connectivity index (χ1v) is 8.61. The van der Waals surface area contributed by atoms with Crippen molar-refractivity contribution in [2.45, 2.75) is 30.4 Å². The minimum Gasteiger partial charge on any atom is -0.475 e. The van der Waals surface area contributed by atoms with Gasteiger partial charge in [-0.2, -0.15) is 0 Å². The van der Waals surface area contributed by atoms with Crippen LogP contribution in [0.3, 0.4) is 0 Å². The number of ether oxygens (including phenoxy) is 1. The van der Waals surface area contributed by atoms with Crippen LogP contribution < -0.4 is 4.74 Å². The lowest BCUT2D eigenvalue weighted by Crippen LogP contribution is -2.50. The summed E-state index contributed by atoms with van der Waals surface area (Å²) in [5, 5.41) is 38.4. The van der Waals surface area contributed by atoms with Crippen molar-refractivity contribution >= 4 is 11.8 Å². The molecule has 1 aromatic carbocycles. The van der Waals surface area contributed by atoms with Crippen molar-refractivity contribution in [3.05, 3.63) is 48.3 Å². The summed E-state index contributed by atoms with van der Waals surface area (Å²) in [5.74, 6) is 0.761. The molecule has 128 valence electrons. The van der Waals surface area contributed by atoms with Gasteiger partial charge in [-0.25, -0.2) is 0 Å². The van der Waals surface area contributed by atoms with E-state index in [2.05, 4.69) is 4.98 Å². The fourth-order valence-electron chi connectivity index (χ4n) is 2.46. The molecule has 6 nitrogen and oxygen atoms in total. The molecule has 24 heavy (non-hydrogen) atoms. The highest BCUT2D eigenvalue weighted by Crippen LogP contribution is 2.30. The Bertz CT molecular complexity index is 681. The maximum atomic E-state index is 10.0. The Morgan fingerprint density at radius 1 is 1.04 bits per heavy atom. The third-order valence-electron chi connectivity index (χ3n) is 3.89. The molecule has 4 N–H and O–H groups in total. The second kappa shape index (κ2) is 7.50. The summed E-state index contributed by atoms with van der Waals surface area (Å²) in [4.78, 5) is 4.15. The van der Waals surface area contributed by atoms with E-state index < -0.39 is 23.7 Å². The third-order valence-corrected chi connectivity index (χ3v) is 5.13. The predicted octanol–water partition coefficient (Wildman–Crippen LogP) is 0.775. The van der Waals surface area contributed by atoms with Crippen LogP contribution in [0.15, 0.2) is 42.7 Å². The van der Waals surface area contributed by atoms with Crippen LogP contribution in [-0.4, -0.2) is 54.9 Å². The van der Waals surface area contributed by atoms with E-state index in [-0.39, 0.29) is 6.61 Å². The molecule has 1 saturated heterocycles. The zero-order valence-corrected chi connectivity index (χ0v) is 13.6. The summed E-state index contributed by atoms with van der Waals surface area (Å²) in [6.07, 6.45) is -0.121. The number of pyridine rings is 1. The van der Waals surface area contributed by atoms with Crippen molar-refractivity contribution in [3.8, 4) is 16.9 Å². The largest absolute Gasteiger partial charge is 0.475 e. The Labute approximate surface area is 143 Å². The quantitative estimate of drug-likeness (QED) is 0.647. The van der Waals surface area contributed by atoms with Crippen LogP contribution in [0.5, 0.6) is 5.75 Å². The molecule has 2 heterocycles. The van der Waals surface area contributed by atoms with Gasteiger partial charge >= 0.3 is 0 Å². The van der Waals surface area contributed by atoms with Crippen molar-refractivity contribution in [2.24, 2.45) is 0 Å². The minimum absolute atomic E-state index is 0.00729. The fraction of sp³-hybridized carbons (Fsp3) is 0.353. The predicted molar refractivity (Wildman–Crippen MR) is 90.5 cm³/mol. The van der Waals surface area contributed by atoms with Gasteiger partial charge in [0.1, 0.15) is 18.0 Å². The molecule has 3 rings (SSSR count). The van der Waals surface area contributed by atoms with E-state index in [9.17, 15) is 15.3 Å². The van der Waals surface area contributed by atoms with Crippen LogP contribution in [0.2, 0.25) is 0 Å². The Morgan fingerprint density at radius 3 is 2.50 bits per heavy atom. The van der Waals surface area contributed by atoms with Gasteiger partial charge in [-0.3, -0.25) is 4.98 Å². The molecule has 1 aromatic heterocycles. The van der Waals surface area contributed by atoms with Gasteiger partial charge in [-0.15, -0.1) is 11.8 Å². The second-order valence-corrected chi connectivity index (χ2v) is 6.76. The van der Waals surface area contributed by atoms with Gasteiger partial charge in [0.05, 0.1) is 18.9 Å². The number of nitrogens with zero attached hydrogens (tertiary/aromatic N) is 1. The first-order chi connectivity index (χ1) is 11.6. The number of hydrogen-bond donors (Lipinski definition) is 4. The molecule has 0 bridgehead atoms. The highest BCUT2D eigenvalue weighted by Gasteiger charge is 2.38. The molecule has 7 heteroatoms. The maximum absolute atomic E-state index is 10.0. The van der Waals surface area contributed by atoms with Crippen LogP contribution in [-0.2, 0) is 6.61 Å². The van der Waals surface area contributed by atoms with Gasteiger partial charge in [-0.1, -0.05) is 24.3 Å². The summed E-state index contributed by atoms with van der Waals surface area (Å²) < 4.78 is 5.73. The van der Waals surface area contributed by atoms with Crippen molar-refractivity contribution in [1.82, 2.24) is 4.98 Å². The molecule has 0 saturated carbocycles. The van der Waals surface area contributed by atoms with Crippen molar-refractivity contribution < 1.29 is 25.2 Å². The van der Waals surface area contributed by atoms with E-state index in [0.717, 1.165) is 16.7 Å². The molecule has 2 aromatic rings. The third kappa shape index (κ3) is 3.71. The Balaban J connectivity index is 1.75. The molecule has 1 aliphatic rings. The molecule has 1 fully saturated rings. The molecular formula is C17H19NO5S. The van der Waals surface area contributed by atoms with Crippen LogP contribution in [0, 0.1) is 0 Å². The summed E-state index contributed by atoms with van der Waals surface area (Å²) in [6.45, 7) is -0.00729. The van der Waals surface area contributed by atoms with Crippen molar-refractivity contribution in [2.75, 3.05) is 5.75 Å². The van der Waals surface area contributed by atoms with Crippen LogP contribution in [0.25, 0.3) is 11.1 Å². The van der Waals surface area contributed by atoms with Crippen molar-refractivity contribution in [3.63, 3.8) is 0 Å². The number of thioether (sulfide) groups is 1. The van der Waals surface area contributed by atoms with E-state index in [1.54, 1.807) is 12.3 Å². The molecule has 0 amide bonds. The number of aromatic nitrogens is 1. The van der Waals surface area contributed by atoms with Gasteiger partial charge in [0.15, 0.2) is 5.44 Å². The number of hydrogen-bond acceptors (Lipinski definition) is 7. The Morgan fingerprint density at radius 2 is 1.79 bits per heavy atom. The van der Waals surface area contributed by atoms with Gasteiger partial charge in [0.2, 0.25) is 0 Å². The zero-order valence-electron chi connectivity index (χ0n) is 12.8. The van der Waals surface area contributed by atoms with Crippen LogP contribution in [0.4, 0.5) is 0 Å². The maximum Gasteiger partial charge on any atom is 0.173 e.